The van der Waals surface area contributed by atoms with Crippen molar-refractivity contribution in [1.82, 2.24) is 9.88 Å². The van der Waals surface area contributed by atoms with Crippen LogP contribution in [0, 0.1) is 23.7 Å². The fourth-order valence-electron chi connectivity index (χ4n) is 5.47. The van der Waals surface area contributed by atoms with E-state index >= 15 is 0 Å². The van der Waals surface area contributed by atoms with Gasteiger partial charge in [0.25, 0.3) is 0 Å². The maximum Gasteiger partial charge on any atom is 0.0935 e. The first kappa shape index (κ1) is 24.7. The minimum Gasteiger partial charge on any atom is -0.395 e. The highest BCUT2D eigenvalue weighted by molar-refractivity contribution is 7.11. The molecule has 1 aromatic rings. The number of rotatable bonds is 13. The maximum absolute atomic E-state index is 9.38. The van der Waals surface area contributed by atoms with Crippen molar-refractivity contribution in [2.45, 2.75) is 78.6 Å². The van der Waals surface area contributed by atoms with Gasteiger partial charge >= 0.3 is 0 Å². The lowest BCUT2D eigenvalue weighted by Gasteiger charge is -2.27. The summed E-state index contributed by atoms with van der Waals surface area (Å²) in [6, 6.07) is 0. The Bertz CT molecular complexity index is 711. The molecule has 0 radical (unpaired) electrons. The number of fused-ring (bicyclic) bond motifs is 1. The van der Waals surface area contributed by atoms with E-state index in [1.54, 1.807) is 0 Å². The van der Waals surface area contributed by atoms with Gasteiger partial charge in [-0.2, -0.15) is 0 Å². The fourth-order valence-corrected chi connectivity index (χ4v) is 6.62. The van der Waals surface area contributed by atoms with Gasteiger partial charge < -0.3 is 5.11 Å². The number of aliphatic hydroxyl groups excluding tert-OH is 1. The first-order chi connectivity index (χ1) is 15.0. The molecule has 31 heavy (non-hydrogen) atoms. The number of allylic oxidation sites excluding steroid dienone is 1. The van der Waals surface area contributed by atoms with Crippen molar-refractivity contribution in [1.29, 1.82) is 0 Å². The molecule has 3 nitrogen and oxygen atoms in total. The van der Waals surface area contributed by atoms with Gasteiger partial charge in [-0.1, -0.05) is 64.7 Å². The SMILES string of the molecule is C=C(CC(CCc1nc2c(s1)CC(C(C)C)C=C2)C1CCCC1)CN(CCC)CCO. The molecule has 4 heteroatoms. The number of aromatic nitrogens is 1. The summed E-state index contributed by atoms with van der Waals surface area (Å²) in [5.41, 5.74) is 2.58. The van der Waals surface area contributed by atoms with Crippen LogP contribution < -0.4 is 0 Å². The van der Waals surface area contributed by atoms with Crippen molar-refractivity contribution in [2.75, 3.05) is 26.2 Å². The van der Waals surface area contributed by atoms with E-state index < -0.39 is 0 Å². The van der Waals surface area contributed by atoms with Gasteiger partial charge in [0.2, 0.25) is 0 Å². The topological polar surface area (TPSA) is 36.4 Å². The number of nitrogens with zero attached hydrogens (tertiary/aromatic N) is 2. The zero-order chi connectivity index (χ0) is 22.2. The van der Waals surface area contributed by atoms with E-state index in [1.807, 2.05) is 11.3 Å². The molecule has 0 spiro atoms. The lowest BCUT2D eigenvalue weighted by Crippen LogP contribution is -2.30. The van der Waals surface area contributed by atoms with E-state index in [-0.39, 0.29) is 6.61 Å². The predicted octanol–water partition coefficient (Wildman–Crippen LogP) is 6.37. The van der Waals surface area contributed by atoms with E-state index in [9.17, 15) is 5.11 Å². The van der Waals surface area contributed by atoms with Crippen LogP contribution in [0.3, 0.4) is 0 Å². The van der Waals surface area contributed by atoms with Crippen molar-refractivity contribution in [3.05, 3.63) is 33.8 Å². The zero-order valence-electron chi connectivity index (χ0n) is 20.1. The Balaban J connectivity index is 1.58. The van der Waals surface area contributed by atoms with Crippen molar-refractivity contribution in [2.24, 2.45) is 23.7 Å². The smallest absolute Gasteiger partial charge is 0.0935 e. The summed E-state index contributed by atoms with van der Waals surface area (Å²) in [6.45, 7) is 14.3. The minimum absolute atomic E-state index is 0.236. The Morgan fingerprint density at radius 1 is 1.29 bits per heavy atom. The van der Waals surface area contributed by atoms with Crippen LogP contribution in [-0.2, 0) is 12.8 Å². The summed E-state index contributed by atoms with van der Waals surface area (Å²) >= 11 is 1.96. The largest absolute Gasteiger partial charge is 0.395 e. The highest BCUT2D eigenvalue weighted by Crippen LogP contribution is 2.38. The lowest BCUT2D eigenvalue weighted by atomic mass is 9.82. The van der Waals surface area contributed by atoms with Crippen LogP contribution in [-0.4, -0.2) is 41.2 Å². The molecule has 0 aliphatic heterocycles. The standard InChI is InChI=1S/C27H44N2OS/c1-5-14-29(15-16-30)19-21(4)17-24(22-8-6-7-9-22)11-13-27-28-25-12-10-23(20(2)3)18-26(25)31-27/h10,12,20,22-24,30H,4-9,11,13-19H2,1-3H3. The number of thiazole rings is 1. The molecule has 0 amide bonds. The predicted molar refractivity (Wildman–Crippen MR) is 135 cm³/mol. The Morgan fingerprint density at radius 2 is 2.06 bits per heavy atom. The zero-order valence-corrected chi connectivity index (χ0v) is 20.9. The van der Waals surface area contributed by atoms with E-state index in [0.29, 0.717) is 11.8 Å². The van der Waals surface area contributed by atoms with Gasteiger partial charge in [-0.25, -0.2) is 4.98 Å². The molecule has 1 aromatic heterocycles. The Morgan fingerprint density at radius 3 is 2.74 bits per heavy atom. The van der Waals surface area contributed by atoms with Crippen LogP contribution in [0.5, 0.6) is 0 Å². The highest BCUT2D eigenvalue weighted by atomic mass is 32.1. The van der Waals surface area contributed by atoms with Gasteiger partial charge in [0.05, 0.1) is 17.3 Å². The minimum atomic E-state index is 0.236. The Kier molecular flexibility index (Phi) is 9.80. The Labute approximate surface area is 194 Å². The van der Waals surface area contributed by atoms with Crippen LogP contribution >= 0.6 is 11.3 Å². The Hall–Kier alpha value is -0.970. The molecule has 0 aromatic carbocycles. The molecule has 2 atom stereocenters. The molecule has 2 aliphatic carbocycles. The van der Waals surface area contributed by atoms with Gasteiger partial charge in [0.1, 0.15) is 0 Å². The van der Waals surface area contributed by atoms with Crippen LogP contribution in [0.4, 0.5) is 0 Å². The van der Waals surface area contributed by atoms with Gasteiger partial charge in [0, 0.05) is 18.0 Å². The van der Waals surface area contributed by atoms with Crippen molar-refractivity contribution in [3.8, 4) is 0 Å². The molecule has 2 aliphatic rings. The van der Waals surface area contributed by atoms with Gasteiger partial charge in [-0.3, -0.25) is 4.90 Å². The summed E-state index contributed by atoms with van der Waals surface area (Å²) < 4.78 is 0. The van der Waals surface area contributed by atoms with E-state index in [2.05, 4.69) is 44.4 Å². The molecule has 2 unspecified atom stereocenters. The van der Waals surface area contributed by atoms with Crippen molar-refractivity contribution < 1.29 is 5.11 Å². The normalized spacial score (nSPS) is 20.0. The summed E-state index contributed by atoms with van der Waals surface area (Å²) in [7, 11) is 0. The molecule has 0 bridgehead atoms. The average molecular weight is 445 g/mol. The van der Waals surface area contributed by atoms with E-state index in [4.69, 9.17) is 4.98 Å². The number of aryl methyl sites for hydroxylation is 1. The van der Waals surface area contributed by atoms with E-state index in [1.165, 1.54) is 59.7 Å². The molecular formula is C27H44N2OS. The first-order valence-electron chi connectivity index (χ1n) is 12.7. The maximum atomic E-state index is 9.38. The second kappa shape index (κ2) is 12.3. The third kappa shape index (κ3) is 7.27. The lowest BCUT2D eigenvalue weighted by molar-refractivity contribution is 0.202. The van der Waals surface area contributed by atoms with Crippen molar-refractivity contribution in [3.63, 3.8) is 0 Å². The molecule has 3 rings (SSSR count). The van der Waals surface area contributed by atoms with Crippen LogP contribution in [0.25, 0.3) is 6.08 Å². The van der Waals surface area contributed by atoms with Crippen LogP contribution in [0.1, 0.15) is 81.3 Å². The van der Waals surface area contributed by atoms with Gasteiger partial charge in [-0.05, 0) is 68.4 Å². The monoisotopic (exact) mass is 444 g/mol. The quantitative estimate of drug-likeness (QED) is 0.359. The number of hydrogen-bond acceptors (Lipinski definition) is 4. The van der Waals surface area contributed by atoms with Gasteiger partial charge in [0.15, 0.2) is 0 Å². The molecule has 1 heterocycles. The summed E-state index contributed by atoms with van der Waals surface area (Å²) in [5, 5.41) is 10.7. The molecule has 1 fully saturated rings. The van der Waals surface area contributed by atoms with Crippen LogP contribution in [0.15, 0.2) is 18.2 Å². The molecule has 0 saturated heterocycles. The van der Waals surface area contributed by atoms with Crippen molar-refractivity contribution >= 4 is 17.4 Å². The third-order valence-electron chi connectivity index (χ3n) is 7.30. The number of aliphatic hydroxyl groups is 1. The molecule has 1 saturated carbocycles. The first-order valence-corrected chi connectivity index (χ1v) is 13.5. The highest BCUT2D eigenvalue weighted by Gasteiger charge is 2.27. The molecule has 174 valence electrons. The summed E-state index contributed by atoms with van der Waals surface area (Å²) in [6.07, 6.45) is 16.0. The summed E-state index contributed by atoms with van der Waals surface area (Å²) in [4.78, 5) is 8.85. The third-order valence-corrected chi connectivity index (χ3v) is 8.45. The molecule has 1 N–H and O–H groups in total. The second-order valence-corrected chi connectivity index (χ2v) is 11.4. The average Bonchev–Trinajstić information content (AvgIpc) is 3.40. The number of hydrogen-bond donors (Lipinski definition) is 1. The summed E-state index contributed by atoms with van der Waals surface area (Å²) in [5.74, 6) is 2.95. The fraction of sp³-hybridized carbons (Fsp3) is 0.741. The second-order valence-electron chi connectivity index (χ2n) is 10.2. The molecular weight excluding hydrogens is 400 g/mol. The van der Waals surface area contributed by atoms with Gasteiger partial charge in [-0.15, -0.1) is 11.3 Å². The van der Waals surface area contributed by atoms with Crippen LogP contribution in [0.2, 0.25) is 0 Å². The van der Waals surface area contributed by atoms with E-state index in [0.717, 1.165) is 50.7 Å².